The zero-order valence-corrected chi connectivity index (χ0v) is 21.4. The molecule has 0 bridgehead atoms. The Kier molecular flexibility index (Phi) is 9.38. The van der Waals surface area contributed by atoms with E-state index in [9.17, 15) is 9.90 Å². The SMILES string of the molecule is CCc1cc(-c2noc(-c3cc(CC(C)C)nc(OC)c3)n2)cc(C)c1OC[C@H](O)CNC(=O)CO. The number of nitrogens with zero attached hydrogens (tertiary/aromatic N) is 3. The van der Waals surface area contributed by atoms with Gasteiger partial charge in [-0.15, -0.1) is 0 Å². The van der Waals surface area contributed by atoms with Crippen molar-refractivity contribution in [1.29, 1.82) is 0 Å². The fraction of sp³-hybridized carbons (Fsp3) is 0.462. The number of nitrogens with one attached hydrogen (secondary N) is 1. The first-order chi connectivity index (χ1) is 17.2. The van der Waals surface area contributed by atoms with Crippen LogP contribution in [0.4, 0.5) is 0 Å². The lowest BCUT2D eigenvalue weighted by Crippen LogP contribution is -2.36. The standard InChI is InChI=1S/C26H34N4O6/c1-6-17-9-18(8-16(4)24(17)35-14-21(32)12-27-22(33)13-31)25-29-26(36-30-25)19-10-20(7-15(2)3)28-23(11-19)34-5/h8-11,15,21,31-32H,6-7,12-14H2,1-5H3,(H,27,33)/t21-/m1/s1. The molecule has 0 saturated heterocycles. The molecule has 1 amide bonds. The highest BCUT2D eigenvalue weighted by Gasteiger charge is 2.18. The minimum atomic E-state index is -0.915. The maximum Gasteiger partial charge on any atom is 0.258 e. The van der Waals surface area contributed by atoms with E-state index in [0.29, 0.717) is 35.7 Å². The molecule has 1 atom stereocenters. The molecule has 0 aliphatic rings. The van der Waals surface area contributed by atoms with E-state index in [1.54, 1.807) is 13.2 Å². The number of benzene rings is 1. The molecule has 1 aromatic carbocycles. The average Bonchev–Trinajstić information content (AvgIpc) is 3.36. The van der Waals surface area contributed by atoms with Crippen LogP contribution in [0.2, 0.25) is 0 Å². The van der Waals surface area contributed by atoms with Crippen LogP contribution in [-0.4, -0.2) is 64.2 Å². The van der Waals surface area contributed by atoms with Crippen molar-refractivity contribution in [3.8, 4) is 34.5 Å². The molecule has 0 spiro atoms. The molecule has 3 aromatic rings. The van der Waals surface area contributed by atoms with Gasteiger partial charge in [0.25, 0.3) is 5.89 Å². The van der Waals surface area contributed by atoms with Gasteiger partial charge in [-0.05, 0) is 55.0 Å². The number of rotatable bonds is 12. The van der Waals surface area contributed by atoms with Crippen LogP contribution in [0.25, 0.3) is 22.8 Å². The predicted octanol–water partition coefficient (Wildman–Crippen LogP) is 2.72. The Labute approximate surface area is 210 Å². The molecular weight excluding hydrogens is 464 g/mol. The minimum Gasteiger partial charge on any atom is -0.490 e. The summed E-state index contributed by atoms with van der Waals surface area (Å²) in [6.45, 7) is 7.52. The smallest absolute Gasteiger partial charge is 0.258 e. The number of ether oxygens (including phenoxy) is 2. The van der Waals surface area contributed by atoms with Crippen molar-refractivity contribution in [1.82, 2.24) is 20.4 Å². The van der Waals surface area contributed by atoms with Crippen molar-refractivity contribution >= 4 is 5.91 Å². The van der Waals surface area contributed by atoms with Gasteiger partial charge in [0.15, 0.2) is 0 Å². The molecule has 3 rings (SSSR count). The van der Waals surface area contributed by atoms with Gasteiger partial charge in [-0.2, -0.15) is 4.98 Å². The highest BCUT2D eigenvalue weighted by atomic mass is 16.5. The number of methoxy groups -OCH3 is 1. The normalized spacial score (nSPS) is 12.0. The van der Waals surface area contributed by atoms with Crippen LogP contribution in [0.3, 0.4) is 0 Å². The Balaban J connectivity index is 1.81. The summed E-state index contributed by atoms with van der Waals surface area (Å²) in [4.78, 5) is 20.3. The Morgan fingerprint density at radius 2 is 1.94 bits per heavy atom. The van der Waals surface area contributed by atoms with Gasteiger partial charge in [-0.3, -0.25) is 4.79 Å². The number of aryl methyl sites for hydroxylation is 2. The van der Waals surface area contributed by atoms with Crippen LogP contribution in [-0.2, 0) is 17.6 Å². The molecule has 0 unspecified atom stereocenters. The first kappa shape index (κ1) is 27.1. The second-order valence-electron chi connectivity index (χ2n) is 8.97. The molecule has 194 valence electrons. The summed E-state index contributed by atoms with van der Waals surface area (Å²) >= 11 is 0. The second-order valence-corrected chi connectivity index (χ2v) is 8.97. The number of aliphatic hydroxyl groups is 2. The Morgan fingerprint density at radius 1 is 1.17 bits per heavy atom. The molecular formula is C26H34N4O6. The molecule has 2 aromatic heterocycles. The fourth-order valence-corrected chi connectivity index (χ4v) is 3.74. The van der Waals surface area contributed by atoms with Crippen LogP contribution in [0.1, 0.15) is 37.6 Å². The van der Waals surface area contributed by atoms with Crippen molar-refractivity contribution < 1.29 is 29.0 Å². The lowest BCUT2D eigenvalue weighted by atomic mass is 10.0. The van der Waals surface area contributed by atoms with Crippen LogP contribution < -0.4 is 14.8 Å². The monoisotopic (exact) mass is 498 g/mol. The predicted molar refractivity (Wildman–Crippen MR) is 134 cm³/mol. The van der Waals surface area contributed by atoms with Crippen molar-refractivity contribution in [2.24, 2.45) is 5.92 Å². The van der Waals surface area contributed by atoms with Gasteiger partial charge in [0.05, 0.1) is 7.11 Å². The first-order valence-electron chi connectivity index (χ1n) is 11.9. The first-order valence-corrected chi connectivity index (χ1v) is 11.9. The summed E-state index contributed by atoms with van der Waals surface area (Å²) < 4.78 is 16.8. The number of carbonyl (C=O) groups is 1. The number of carbonyl (C=O) groups excluding carboxylic acids is 1. The van der Waals surface area contributed by atoms with E-state index in [1.165, 1.54) is 0 Å². The van der Waals surface area contributed by atoms with Crippen LogP contribution in [0.15, 0.2) is 28.8 Å². The van der Waals surface area contributed by atoms with Gasteiger partial charge in [0, 0.05) is 29.4 Å². The van der Waals surface area contributed by atoms with E-state index in [0.717, 1.165) is 34.4 Å². The van der Waals surface area contributed by atoms with E-state index in [1.807, 2.05) is 32.0 Å². The topological polar surface area (TPSA) is 140 Å². The van der Waals surface area contributed by atoms with E-state index >= 15 is 0 Å². The van der Waals surface area contributed by atoms with Gasteiger partial charge >= 0.3 is 0 Å². The number of hydrogen-bond donors (Lipinski definition) is 3. The number of aliphatic hydroxyl groups excluding tert-OH is 2. The average molecular weight is 499 g/mol. The molecule has 3 N–H and O–H groups in total. The van der Waals surface area contributed by atoms with E-state index < -0.39 is 18.6 Å². The summed E-state index contributed by atoms with van der Waals surface area (Å²) in [7, 11) is 1.58. The van der Waals surface area contributed by atoms with Crippen molar-refractivity contribution in [2.45, 2.75) is 46.6 Å². The summed E-state index contributed by atoms with van der Waals surface area (Å²) in [6.07, 6.45) is 0.572. The Bertz CT molecular complexity index is 1180. The summed E-state index contributed by atoms with van der Waals surface area (Å²) in [5, 5.41) is 25.5. The van der Waals surface area contributed by atoms with Gasteiger partial charge in [-0.25, -0.2) is 4.98 Å². The molecule has 0 aliphatic heterocycles. The maximum atomic E-state index is 11.2. The number of pyridine rings is 1. The van der Waals surface area contributed by atoms with Crippen molar-refractivity contribution in [2.75, 3.05) is 26.9 Å². The second kappa shape index (κ2) is 12.5. The van der Waals surface area contributed by atoms with Crippen LogP contribution in [0, 0.1) is 12.8 Å². The van der Waals surface area contributed by atoms with Gasteiger partial charge in [-0.1, -0.05) is 25.9 Å². The number of hydrogen-bond acceptors (Lipinski definition) is 9. The summed E-state index contributed by atoms with van der Waals surface area (Å²) in [5.74, 6) is 1.86. The van der Waals surface area contributed by atoms with E-state index in [4.69, 9.17) is 19.1 Å². The largest absolute Gasteiger partial charge is 0.490 e. The Hall–Kier alpha value is -3.50. The third-order valence-corrected chi connectivity index (χ3v) is 5.44. The zero-order chi connectivity index (χ0) is 26.2. The molecule has 10 heteroatoms. The van der Waals surface area contributed by atoms with Crippen molar-refractivity contribution in [3.63, 3.8) is 0 Å². The van der Waals surface area contributed by atoms with Gasteiger partial charge in [0.2, 0.25) is 17.6 Å². The minimum absolute atomic E-state index is 0.00611. The molecule has 2 heterocycles. The van der Waals surface area contributed by atoms with E-state index in [-0.39, 0.29) is 13.2 Å². The third kappa shape index (κ3) is 7.02. The maximum absolute atomic E-state index is 11.2. The molecule has 0 saturated carbocycles. The highest BCUT2D eigenvalue weighted by Crippen LogP contribution is 2.32. The molecule has 0 aliphatic carbocycles. The lowest BCUT2D eigenvalue weighted by molar-refractivity contribution is -0.124. The molecule has 0 radical (unpaired) electrons. The van der Waals surface area contributed by atoms with Crippen molar-refractivity contribution in [3.05, 3.63) is 41.1 Å². The molecule has 10 nitrogen and oxygen atoms in total. The molecule has 36 heavy (non-hydrogen) atoms. The summed E-state index contributed by atoms with van der Waals surface area (Å²) in [6, 6.07) is 7.55. The molecule has 0 fully saturated rings. The van der Waals surface area contributed by atoms with Gasteiger partial charge < -0.3 is 29.5 Å². The van der Waals surface area contributed by atoms with E-state index in [2.05, 4.69) is 34.3 Å². The van der Waals surface area contributed by atoms with Gasteiger partial charge in [0.1, 0.15) is 25.1 Å². The third-order valence-electron chi connectivity index (χ3n) is 5.44. The van der Waals surface area contributed by atoms with Crippen LogP contribution >= 0.6 is 0 Å². The number of aromatic nitrogens is 3. The summed E-state index contributed by atoms with van der Waals surface area (Å²) in [5.41, 5.74) is 4.19. The fourth-order valence-electron chi connectivity index (χ4n) is 3.74. The lowest BCUT2D eigenvalue weighted by Gasteiger charge is -2.17. The zero-order valence-electron chi connectivity index (χ0n) is 21.4. The number of amides is 1. The quantitative estimate of drug-likeness (QED) is 0.344. The Morgan fingerprint density at radius 3 is 2.61 bits per heavy atom. The highest BCUT2D eigenvalue weighted by molar-refractivity contribution is 5.76. The van der Waals surface area contributed by atoms with Crippen LogP contribution in [0.5, 0.6) is 11.6 Å².